The van der Waals surface area contributed by atoms with E-state index in [1.54, 1.807) is 38.4 Å². The van der Waals surface area contributed by atoms with Gasteiger partial charge < -0.3 is 24.6 Å². The van der Waals surface area contributed by atoms with Crippen LogP contribution in [0, 0.1) is 5.92 Å². The monoisotopic (exact) mass is 459 g/mol. The van der Waals surface area contributed by atoms with Gasteiger partial charge in [0.25, 0.3) is 11.8 Å². The van der Waals surface area contributed by atoms with E-state index in [0.29, 0.717) is 11.3 Å². The Hall–Kier alpha value is -3.31. The Morgan fingerprint density at radius 3 is 2.19 bits per heavy atom. The number of alkyl halides is 3. The van der Waals surface area contributed by atoms with Crippen LogP contribution in [0.2, 0.25) is 0 Å². The van der Waals surface area contributed by atoms with Crippen LogP contribution in [0.4, 0.5) is 23.7 Å². The number of benzene rings is 1. The lowest BCUT2D eigenvalue weighted by Crippen LogP contribution is -2.42. The van der Waals surface area contributed by atoms with Crippen molar-refractivity contribution in [2.45, 2.75) is 19.0 Å². The SMILES string of the molecule is CN(C)C(=O)c1ccc(NC(=O)COC(=O)C2CCN(C(=O)OCC(F)(F)F)CC2)cc1. The van der Waals surface area contributed by atoms with Gasteiger partial charge in [-0.3, -0.25) is 14.4 Å². The molecule has 32 heavy (non-hydrogen) atoms. The highest BCUT2D eigenvalue weighted by molar-refractivity contribution is 5.96. The Kier molecular flexibility index (Phi) is 8.44. The minimum Gasteiger partial charge on any atom is -0.455 e. The zero-order valence-electron chi connectivity index (χ0n) is 17.6. The van der Waals surface area contributed by atoms with Gasteiger partial charge in [-0.25, -0.2) is 4.79 Å². The van der Waals surface area contributed by atoms with E-state index in [4.69, 9.17) is 4.74 Å². The number of piperidine rings is 1. The van der Waals surface area contributed by atoms with Crippen molar-refractivity contribution in [3.05, 3.63) is 29.8 Å². The molecule has 0 aliphatic carbocycles. The summed E-state index contributed by atoms with van der Waals surface area (Å²) in [6, 6.07) is 6.20. The van der Waals surface area contributed by atoms with E-state index in [-0.39, 0.29) is 31.8 Å². The molecule has 3 amide bonds. The molecule has 1 heterocycles. The number of nitrogens with zero attached hydrogens (tertiary/aromatic N) is 2. The van der Waals surface area contributed by atoms with Gasteiger partial charge in [-0.15, -0.1) is 0 Å². The van der Waals surface area contributed by atoms with Crippen LogP contribution in [0.15, 0.2) is 24.3 Å². The molecule has 1 aromatic rings. The van der Waals surface area contributed by atoms with Crippen molar-refractivity contribution in [3.63, 3.8) is 0 Å². The molecule has 1 N–H and O–H groups in total. The molecule has 1 fully saturated rings. The first-order valence-corrected chi connectivity index (χ1v) is 9.73. The Labute approximate surface area is 182 Å². The number of nitrogens with one attached hydrogen (secondary N) is 1. The van der Waals surface area contributed by atoms with Crippen LogP contribution in [0.1, 0.15) is 23.2 Å². The third kappa shape index (κ3) is 7.75. The number of anilines is 1. The van der Waals surface area contributed by atoms with Crippen molar-refractivity contribution >= 4 is 29.6 Å². The lowest BCUT2D eigenvalue weighted by atomic mass is 9.97. The number of carbonyl (C=O) groups excluding carboxylic acids is 4. The molecule has 1 aliphatic rings. The third-order valence-electron chi connectivity index (χ3n) is 4.61. The third-order valence-corrected chi connectivity index (χ3v) is 4.61. The van der Waals surface area contributed by atoms with Crippen molar-refractivity contribution in [1.29, 1.82) is 0 Å². The molecule has 0 aromatic heterocycles. The van der Waals surface area contributed by atoms with Crippen molar-refractivity contribution in [2.24, 2.45) is 5.92 Å². The van der Waals surface area contributed by atoms with E-state index < -0.39 is 43.3 Å². The molecule has 0 atom stereocenters. The van der Waals surface area contributed by atoms with Crippen LogP contribution in [0.3, 0.4) is 0 Å². The first-order chi connectivity index (χ1) is 15.0. The van der Waals surface area contributed by atoms with Crippen LogP contribution in [0.25, 0.3) is 0 Å². The number of amides is 3. The van der Waals surface area contributed by atoms with Gasteiger partial charge in [-0.2, -0.15) is 13.2 Å². The molecular weight excluding hydrogens is 435 g/mol. The maximum atomic E-state index is 12.1. The normalized spacial score (nSPS) is 14.5. The highest BCUT2D eigenvalue weighted by atomic mass is 19.4. The minimum absolute atomic E-state index is 0.0423. The average Bonchev–Trinajstić information content (AvgIpc) is 2.75. The van der Waals surface area contributed by atoms with Gasteiger partial charge >= 0.3 is 18.2 Å². The number of hydrogen-bond donors (Lipinski definition) is 1. The van der Waals surface area contributed by atoms with Gasteiger partial charge in [0.15, 0.2) is 13.2 Å². The van der Waals surface area contributed by atoms with Gasteiger partial charge in [-0.1, -0.05) is 0 Å². The fourth-order valence-corrected chi connectivity index (χ4v) is 2.94. The Balaban J connectivity index is 1.72. The molecule has 0 bridgehead atoms. The topological polar surface area (TPSA) is 105 Å². The lowest BCUT2D eigenvalue weighted by molar-refractivity contribution is -0.163. The fraction of sp³-hybridized carbons (Fsp3) is 0.500. The fourth-order valence-electron chi connectivity index (χ4n) is 2.94. The highest BCUT2D eigenvalue weighted by Crippen LogP contribution is 2.21. The summed E-state index contributed by atoms with van der Waals surface area (Å²) in [6.07, 6.45) is -5.33. The van der Waals surface area contributed by atoms with Crippen LogP contribution in [0.5, 0.6) is 0 Å². The number of ether oxygens (including phenoxy) is 2. The van der Waals surface area contributed by atoms with Crippen LogP contribution in [-0.4, -0.2) is 80.3 Å². The zero-order chi connectivity index (χ0) is 23.9. The molecule has 176 valence electrons. The lowest BCUT2D eigenvalue weighted by Gasteiger charge is -2.30. The standard InChI is InChI=1S/C20H24F3N3O6/c1-25(2)17(28)13-3-5-15(6-4-13)24-16(27)11-31-18(29)14-7-9-26(10-8-14)19(30)32-12-20(21,22)23/h3-6,14H,7-12H2,1-2H3,(H,24,27). The first kappa shape index (κ1) is 25.0. The van der Waals surface area contributed by atoms with Crippen LogP contribution >= 0.6 is 0 Å². The minimum atomic E-state index is -4.61. The average molecular weight is 459 g/mol. The van der Waals surface area contributed by atoms with Crippen molar-refractivity contribution in [3.8, 4) is 0 Å². The van der Waals surface area contributed by atoms with Gasteiger partial charge in [0.05, 0.1) is 5.92 Å². The molecule has 1 aromatic carbocycles. The summed E-state index contributed by atoms with van der Waals surface area (Å²) < 4.78 is 45.5. The molecule has 12 heteroatoms. The first-order valence-electron chi connectivity index (χ1n) is 9.73. The summed E-state index contributed by atoms with van der Waals surface area (Å²) in [6.45, 7) is -2.11. The molecule has 0 unspecified atom stereocenters. The summed E-state index contributed by atoms with van der Waals surface area (Å²) in [5.74, 6) is -1.96. The Morgan fingerprint density at radius 1 is 1.06 bits per heavy atom. The number of likely N-dealkylation sites (tertiary alicyclic amines) is 1. The molecule has 9 nitrogen and oxygen atoms in total. The highest BCUT2D eigenvalue weighted by Gasteiger charge is 2.33. The number of esters is 1. The summed E-state index contributed by atoms with van der Waals surface area (Å²) in [7, 11) is 3.24. The van der Waals surface area contributed by atoms with E-state index in [1.165, 1.54) is 4.90 Å². The van der Waals surface area contributed by atoms with Gasteiger partial charge in [0, 0.05) is 38.4 Å². The van der Waals surface area contributed by atoms with E-state index in [2.05, 4.69) is 10.1 Å². The number of carbonyl (C=O) groups is 4. The molecule has 0 spiro atoms. The van der Waals surface area contributed by atoms with Crippen molar-refractivity contribution in [2.75, 3.05) is 45.7 Å². The van der Waals surface area contributed by atoms with E-state index in [9.17, 15) is 32.3 Å². The number of hydrogen-bond acceptors (Lipinski definition) is 6. The predicted octanol–water partition coefficient (Wildman–Crippen LogP) is 2.28. The Bertz CT molecular complexity index is 834. The molecule has 0 saturated carbocycles. The van der Waals surface area contributed by atoms with E-state index >= 15 is 0 Å². The van der Waals surface area contributed by atoms with Gasteiger partial charge in [0.2, 0.25) is 0 Å². The maximum Gasteiger partial charge on any atom is 0.422 e. The van der Waals surface area contributed by atoms with Crippen LogP contribution < -0.4 is 5.32 Å². The summed E-state index contributed by atoms with van der Waals surface area (Å²) in [4.78, 5) is 50.1. The molecular formula is C20H24F3N3O6. The largest absolute Gasteiger partial charge is 0.455 e. The molecule has 2 rings (SSSR count). The molecule has 1 aliphatic heterocycles. The summed E-state index contributed by atoms with van der Waals surface area (Å²) in [5, 5.41) is 2.54. The molecule has 0 radical (unpaired) electrons. The molecule has 1 saturated heterocycles. The second kappa shape index (κ2) is 10.8. The van der Waals surface area contributed by atoms with E-state index in [0.717, 1.165) is 4.90 Å². The quantitative estimate of drug-likeness (QED) is 0.655. The zero-order valence-corrected chi connectivity index (χ0v) is 17.6. The van der Waals surface area contributed by atoms with Gasteiger partial charge in [0.1, 0.15) is 0 Å². The summed E-state index contributed by atoms with van der Waals surface area (Å²) >= 11 is 0. The van der Waals surface area contributed by atoms with Crippen molar-refractivity contribution in [1.82, 2.24) is 9.80 Å². The maximum absolute atomic E-state index is 12.1. The van der Waals surface area contributed by atoms with E-state index in [1.807, 2.05) is 0 Å². The second-order valence-electron chi connectivity index (χ2n) is 7.36. The number of rotatable bonds is 6. The van der Waals surface area contributed by atoms with Crippen molar-refractivity contribution < 1.29 is 41.8 Å². The Morgan fingerprint density at radius 2 is 1.66 bits per heavy atom. The smallest absolute Gasteiger partial charge is 0.422 e. The second-order valence-corrected chi connectivity index (χ2v) is 7.36. The summed E-state index contributed by atoms with van der Waals surface area (Å²) in [5.41, 5.74) is 0.875. The number of halogens is 3. The predicted molar refractivity (Wildman–Crippen MR) is 106 cm³/mol. The van der Waals surface area contributed by atoms with Gasteiger partial charge in [-0.05, 0) is 37.1 Å². The van der Waals surface area contributed by atoms with Crippen LogP contribution in [-0.2, 0) is 19.1 Å².